The number of hydrogen-bond acceptors (Lipinski definition) is 4. The molecule has 0 amide bonds. The Morgan fingerprint density at radius 2 is 2.00 bits per heavy atom. The monoisotopic (exact) mass is 267 g/mol. The van der Waals surface area contributed by atoms with E-state index in [9.17, 15) is 4.79 Å². The molecule has 0 aliphatic heterocycles. The van der Waals surface area contributed by atoms with Gasteiger partial charge in [-0.25, -0.2) is 0 Å². The topological polar surface area (TPSA) is 101 Å². The molecule has 0 aliphatic carbocycles. The van der Waals surface area contributed by atoms with Crippen LogP contribution in [-0.2, 0) is 7.05 Å². The second-order valence-corrected chi connectivity index (χ2v) is 4.52. The molecular weight excluding hydrogens is 254 g/mol. The molecule has 0 atom stereocenters. The highest BCUT2D eigenvalue weighted by atomic mass is 16.1. The van der Waals surface area contributed by atoms with Gasteiger partial charge >= 0.3 is 0 Å². The highest BCUT2D eigenvalue weighted by Gasteiger charge is 2.12. The first-order chi connectivity index (χ1) is 9.58. The van der Waals surface area contributed by atoms with E-state index in [1.165, 1.54) is 4.57 Å². The molecule has 2 aromatic heterocycles. The van der Waals surface area contributed by atoms with Crippen molar-refractivity contribution in [1.29, 1.82) is 5.41 Å². The van der Waals surface area contributed by atoms with Gasteiger partial charge in [0.25, 0.3) is 5.56 Å². The van der Waals surface area contributed by atoms with Gasteiger partial charge in [-0.05, 0) is 11.6 Å². The summed E-state index contributed by atoms with van der Waals surface area (Å²) in [5.74, 6) is 0.0442. The number of fused-ring (bicyclic) bond motifs is 1. The first-order valence-corrected chi connectivity index (χ1v) is 6.07. The van der Waals surface area contributed by atoms with Crippen LogP contribution in [0.15, 0.2) is 41.2 Å². The number of H-pyrrole nitrogens is 1. The van der Waals surface area contributed by atoms with Crippen LogP contribution >= 0.6 is 0 Å². The third-order valence-electron chi connectivity index (χ3n) is 3.23. The number of benzene rings is 1. The fourth-order valence-corrected chi connectivity index (χ4v) is 2.23. The molecule has 4 N–H and O–H groups in total. The number of hydrogen-bond donors (Lipinski definition) is 3. The van der Waals surface area contributed by atoms with Crippen LogP contribution in [0.2, 0.25) is 0 Å². The average Bonchev–Trinajstić information content (AvgIpc) is 2.43. The Balaban J connectivity index is 2.54. The molecule has 3 aromatic rings. The van der Waals surface area contributed by atoms with E-state index in [1.807, 2.05) is 30.3 Å². The van der Waals surface area contributed by atoms with Crippen molar-refractivity contribution in [1.82, 2.24) is 14.5 Å². The molecule has 20 heavy (non-hydrogen) atoms. The minimum atomic E-state index is -0.304. The number of nitrogens with two attached hydrogens (primary N) is 1. The fraction of sp³-hybridized carbons (Fsp3) is 0.0714. The highest BCUT2D eigenvalue weighted by molar-refractivity contribution is 5.92. The maximum absolute atomic E-state index is 12.2. The van der Waals surface area contributed by atoms with Gasteiger partial charge in [0, 0.05) is 12.6 Å². The summed E-state index contributed by atoms with van der Waals surface area (Å²) in [7, 11) is 1.69. The highest BCUT2D eigenvalue weighted by Crippen LogP contribution is 2.23. The zero-order valence-corrected chi connectivity index (χ0v) is 10.8. The number of aromatic nitrogens is 3. The molecule has 0 bridgehead atoms. The lowest BCUT2D eigenvalue weighted by atomic mass is 10.0. The van der Waals surface area contributed by atoms with Crippen molar-refractivity contribution >= 4 is 17.0 Å². The van der Waals surface area contributed by atoms with Crippen molar-refractivity contribution in [3.8, 4) is 11.1 Å². The summed E-state index contributed by atoms with van der Waals surface area (Å²) in [5.41, 5.74) is 7.49. The normalized spacial score (nSPS) is 10.8. The van der Waals surface area contributed by atoms with Crippen molar-refractivity contribution in [2.24, 2.45) is 7.05 Å². The van der Waals surface area contributed by atoms with Crippen LogP contribution in [0.1, 0.15) is 0 Å². The Morgan fingerprint density at radius 3 is 2.70 bits per heavy atom. The third-order valence-corrected chi connectivity index (χ3v) is 3.23. The summed E-state index contributed by atoms with van der Waals surface area (Å²) < 4.78 is 1.54. The summed E-state index contributed by atoms with van der Waals surface area (Å²) >= 11 is 0. The van der Waals surface area contributed by atoms with Crippen LogP contribution in [0, 0.1) is 5.41 Å². The molecule has 3 rings (SSSR count). The van der Waals surface area contributed by atoms with E-state index in [1.54, 1.807) is 13.1 Å². The fourth-order valence-electron chi connectivity index (χ4n) is 2.23. The van der Waals surface area contributed by atoms with E-state index < -0.39 is 0 Å². The quantitative estimate of drug-likeness (QED) is 0.613. The predicted octanol–water partition coefficient (Wildman–Crippen LogP) is 0.990. The Morgan fingerprint density at radius 1 is 1.30 bits per heavy atom. The molecular formula is C14H13N5O. The van der Waals surface area contributed by atoms with Crippen molar-refractivity contribution in [2.75, 3.05) is 5.73 Å². The van der Waals surface area contributed by atoms with Crippen LogP contribution in [0.4, 0.5) is 5.95 Å². The Labute approximate surface area is 114 Å². The van der Waals surface area contributed by atoms with Gasteiger partial charge in [0.1, 0.15) is 5.49 Å². The van der Waals surface area contributed by atoms with E-state index in [0.717, 1.165) is 5.56 Å². The van der Waals surface area contributed by atoms with Gasteiger partial charge in [-0.1, -0.05) is 30.3 Å². The number of aromatic amines is 1. The van der Waals surface area contributed by atoms with E-state index in [4.69, 9.17) is 11.1 Å². The maximum Gasteiger partial charge on any atom is 0.262 e. The van der Waals surface area contributed by atoms with Crippen molar-refractivity contribution in [2.45, 2.75) is 0 Å². The van der Waals surface area contributed by atoms with Crippen molar-refractivity contribution in [3.63, 3.8) is 0 Å². The van der Waals surface area contributed by atoms with E-state index in [0.29, 0.717) is 16.6 Å². The van der Waals surface area contributed by atoms with Crippen LogP contribution in [0.25, 0.3) is 22.2 Å². The van der Waals surface area contributed by atoms with Crippen molar-refractivity contribution < 1.29 is 0 Å². The number of nitrogen functional groups attached to an aromatic ring is 1. The largest absolute Gasteiger partial charge is 0.369 e. The predicted molar refractivity (Wildman–Crippen MR) is 77.0 cm³/mol. The summed E-state index contributed by atoms with van der Waals surface area (Å²) in [6, 6.07) is 11.1. The van der Waals surface area contributed by atoms with Gasteiger partial charge in [0.2, 0.25) is 5.95 Å². The minimum absolute atomic E-state index is 0.0442. The first kappa shape index (κ1) is 12.2. The van der Waals surface area contributed by atoms with E-state index >= 15 is 0 Å². The lowest BCUT2D eigenvalue weighted by Crippen LogP contribution is -2.22. The number of anilines is 1. The van der Waals surface area contributed by atoms with Crippen LogP contribution in [-0.4, -0.2) is 14.5 Å². The summed E-state index contributed by atoms with van der Waals surface area (Å²) in [6.45, 7) is 0. The molecule has 6 heteroatoms. The molecule has 1 aromatic carbocycles. The summed E-state index contributed by atoms with van der Waals surface area (Å²) in [4.78, 5) is 18.9. The minimum Gasteiger partial charge on any atom is -0.369 e. The van der Waals surface area contributed by atoms with Gasteiger partial charge in [-0.3, -0.25) is 15.2 Å². The maximum atomic E-state index is 12.2. The molecule has 0 unspecified atom stereocenters. The standard InChI is InChI=1S/C14H13N5O/c1-19-10(15)7-9(8-5-3-2-4-6-8)11-12(19)17-14(16)18-13(11)20/h2-7,15H,1H3,(H3,16,17,18,20). The molecule has 0 fully saturated rings. The zero-order chi connectivity index (χ0) is 14.3. The zero-order valence-electron chi connectivity index (χ0n) is 10.8. The molecule has 0 aliphatic rings. The van der Waals surface area contributed by atoms with Gasteiger partial charge in [0.15, 0.2) is 5.65 Å². The third kappa shape index (κ3) is 1.78. The number of nitrogens with one attached hydrogen (secondary N) is 2. The van der Waals surface area contributed by atoms with Crippen LogP contribution in [0.3, 0.4) is 0 Å². The lowest BCUT2D eigenvalue weighted by Gasteiger charge is -2.10. The lowest BCUT2D eigenvalue weighted by molar-refractivity contribution is 0.840. The Hall–Kier alpha value is -2.89. The van der Waals surface area contributed by atoms with Crippen LogP contribution in [0.5, 0.6) is 0 Å². The Bertz CT molecular complexity index is 908. The van der Waals surface area contributed by atoms with Crippen LogP contribution < -0.4 is 16.8 Å². The smallest absolute Gasteiger partial charge is 0.262 e. The molecule has 0 radical (unpaired) electrons. The van der Waals surface area contributed by atoms with Gasteiger partial charge in [-0.15, -0.1) is 0 Å². The van der Waals surface area contributed by atoms with Crippen molar-refractivity contribution in [3.05, 3.63) is 52.2 Å². The van der Waals surface area contributed by atoms with Gasteiger partial charge in [-0.2, -0.15) is 4.98 Å². The number of aryl methyl sites for hydroxylation is 1. The summed E-state index contributed by atoms with van der Waals surface area (Å²) in [6.07, 6.45) is 0. The number of nitrogens with zero attached hydrogens (tertiary/aromatic N) is 2. The first-order valence-electron chi connectivity index (χ1n) is 6.07. The number of rotatable bonds is 1. The average molecular weight is 267 g/mol. The van der Waals surface area contributed by atoms with E-state index in [2.05, 4.69) is 9.97 Å². The SMILES string of the molecule is Cn1c(=N)cc(-c2ccccc2)c2c(=O)[nH]c(N)nc21. The second-order valence-electron chi connectivity index (χ2n) is 4.52. The van der Waals surface area contributed by atoms with Gasteiger partial charge in [0.05, 0.1) is 5.39 Å². The Kier molecular flexibility index (Phi) is 2.64. The summed E-state index contributed by atoms with van der Waals surface area (Å²) in [5, 5.41) is 8.44. The molecule has 100 valence electrons. The molecule has 0 spiro atoms. The molecule has 2 heterocycles. The molecule has 0 saturated heterocycles. The van der Waals surface area contributed by atoms with E-state index in [-0.39, 0.29) is 17.0 Å². The second kappa shape index (κ2) is 4.34. The number of pyridine rings is 1. The van der Waals surface area contributed by atoms with Gasteiger partial charge < -0.3 is 10.3 Å². The molecule has 0 saturated carbocycles. The molecule has 6 nitrogen and oxygen atoms in total.